The molecule has 45 heavy (non-hydrogen) atoms. The summed E-state index contributed by atoms with van der Waals surface area (Å²) in [4.78, 5) is 15.4. The van der Waals surface area contributed by atoms with Crippen LogP contribution in [0.25, 0.3) is 94.3 Å². The van der Waals surface area contributed by atoms with Crippen molar-refractivity contribution in [3.8, 4) is 51.0 Å². The van der Waals surface area contributed by atoms with Gasteiger partial charge in [-0.15, -0.1) is 0 Å². The number of fused-ring (bicyclic) bond motifs is 8. The zero-order valence-corrected chi connectivity index (χ0v) is 24.1. The van der Waals surface area contributed by atoms with Crippen LogP contribution in [0.4, 0.5) is 0 Å². The smallest absolute Gasteiger partial charge is 0.238 e. The lowest BCUT2D eigenvalue weighted by Crippen LogP contribution is -2.06. The predicted octanol–water partition coefficient (Wildman–Crippen LogP) is 10.3. The maximum absolute atomic E-state index is 5.20. The topological polar surface area (TPSA) is 43.6 Å². The molecule has 0 fully saturated rings. The first-order valence-electron chi connectivity index (χ1n) is 15.2. The van der Waals surface area contributed by atoms with Crippen LogP contribution in [-0.2, 0) is 0 Å². The van der Waals surface area contributed by atoms with Gasteiger partial charge in [-0.2, -0.15) is 9.97 Å². The first-order valence-corrected chi connectivity index (χ1v) is 15.2. The Labute approximate surface area is 258 Å². The molecule has 0 saturated carbocycles. The van der Waals surface area contributed by atoms with Crippen LogP contribution in [0.3, 0.4) is 0 Å². The summed E-state index contributed by atoms with van der Waals surface area (Å²) in [6, 6.07) is 51.4. The summed E-state index contributed by atoms with van der Waals surface area (Å²) in [7, 11) is 0. The highest BCUT2D eigenvalue weighted by molar-refractivity contribution is 6.24. The van der Waals surface area contributed by atoms with Crippen LogP contribution in [0.5, 0.6) is 0 Å². The van der Waals surface area contributed by atoms with E-state index in [-0.39, 0.29) is 0 Å². The molecule has 4 heteroatoms. The van der Waals surface area contributed by atoms with Crippen molar-refractivity contribution in [2.45, 2.75) is 0 Å². The van der Waals surface area contributed by atoms with E-state index in [2.05, 4.69) is 132 Å². The molecule has 0 atom stereocenters. The Morgan fingerprint density at radius 1 is 0.400 bits per heavy atom. The molecule has 0 amide bonds. The van der Waals surface area contributed by atoms with Gasteiger partial charge in [0.1, 0.15) is 0 Å². The van der Waals surface area contributed by atoms with Crippen LogP contribution in [0, 0.1) is 0 Å². The Bertz CT molecular complexity index is 2600. The van der Waals surface area contributed by atoms with Crippen LogP contribution in [-0.4, -0.2) is 19.5 Å². The van der Waals surface area contributed by atoms with Gasteiger partial charge in [-0.3, -0.25) is 4.57 Å². The lowest BCUT2D eigenvalue weighted by molar-refractivity contribution is 0.953. The number of para-hydroxylation sites is 2. The van der Waals surface area contributed by atoms with E-state index in [1.807, 2.05) is 18.2 Å². The third-order valence-corrected chi connectivity index (χ3v) is 9.16. The molecule has 1 aliphatic rings. The lowest BCUT2D eigenvalue weighted by Gasteiger charge is -2.12. The molecule has 208 valence electrons. The van der Waals surface area contributed by atoms with Crippen LogP contribution in [0.15, 0.2) is 146 Å². The Morgan fingerprint density at radius 2 is 1.04 bits per heavy atom. The van der Waals surface area contributed by atoms with Gasteiger partial charge in [0.25, 0.3) is 0 Å². The van der Waals surface area contributed by atoms with Crippen LogP contribution in [0.2, 0.25) is 0 Å². The summed E-state index contributed by atoms with van der Waals surface area (Å²) in [5.41, 5.74) is 9.08. The summed E-state index contributed by atoms with van der Waals surface area (Å²) >= 11 is 0. The van der Waals surface area contributed by atoms with E-state index < -0.39 is 0 Å². The minimum absolute atomic E-state index is 0.604. The molecular weight excluding hydrogens is 548 g/mol. The second kappa shape index (κ2) is 9.18. The number of hydrogen-bond acceptors (Lipinski definition) is 3. The van der Waals surface area contributed by atoms with Gasteiger partial charge in [-0.05, 0) is 68.1 Å². The summed E-state index contributed by atoms with van der Waals surface area (Å²) < 4.78 is 2.17. The van der Waals surface area contributed by atoms with Crippen molar-refractivity contribution in [3.63, 3.8) is 0 Å². The van der Waals surface area contributed by atoms with Gasteiger partial charge in [0, 0.05) is 21.9 Å². The van der Waals surface area contributed by atoms with Crippen LogP contribution < -0.4 is 0 Å². The molecule has 0 radical (unpaired) electrons. The van der Waals surface area contributed by atoms with Crippen molar-refractivity contribution in [1.29, 1.82) is 0 Å². The van der Waals surface area contributed by atoms with Crippen molar-refractivity contribution in [2.75, 3.05) is 0 Å². The molecule has 7 aromatic carbocycles. The molecule has 0 bridgehead atoms. The Kier molecular flexibility index (Phi) is 4.96. The molecule has 0 aliphatic heterocycles. The first-order chi connectivity index (χ1) is 22.3. The average molecular weight is 573 g/mol. The molecule has 9 aromatic rings. The molecule has 0 saturated heterocycles. The van der Waals surface area contributed by atoms with Crippen molar-refractivity contribution in [3.05, 3.63) is 146 Å². The van der Waals surface area contributed by atoms with Gasteiger partial charge in [-0.25, -0.2) is 4.98 Å². The van der Waals surface area contributed by atoms with Gasteiger partial charge in [0.15, 0.2) is 11.6 Å². The molecule has 1 aliphatic carbocycles. The second-order valence-electron chi connectivity index (χ2n) is 11.7. The number of hydrogen-bond donors (Lipinski definition) is 0. The maximum atomic E-state index is 5.20. The van der Waals surface area contributed by atoms with Crippen LogP contribution >= 0.6 is 0 Å². The van der Waals surface area contributed by atoms with Crippen molar-refractivity contribution in [1.82, 2.24) is 19.5 Å². The zero-order chi connectivity index (χ0) is 29.5. The standard InChI is InChI=1S/C41H24N4/c1-2-11-25(12-3-1)39-42-40(44-41(43-39)45-35-19-8-6-16-31(35)32-17-7-9-20-36(32)45)28-21-22-30-33-18-10-14-27-23-26-13-4-5-15-29(26)38(37(27)33)34(30)24-28/h1-24H. The van der Waals surface area contributed by atoms with Crippen molar-refractivity contribution < 1.29 is 0 Å². The fraction of sp³-hybridized carbons (Fsp3) is 0. The largest absolute Gasteiger partial charge is 0.278 e. The molecule has 2 heterocycles. The average Bonchev–Trinajstić information content (AvgIpc) is 3.63. The third kappa shape index (κ3) is 3.51. The van der Waals surface area contributed by atoms with Gasteiger partial charge in [0.05, 0.1) is 11.0 Å². The lowest BCUT2D eigenvalue weighted by atomic mass is 9.95. The van der Waals surface area contributed by atoms with Gasteiger partial charge in [0.2, 0.25) is 5.95 Å². The molecule has 4 nitrogen and oxygen atoms in total. The SMILES string of the molecule is c1ccc(-c2nc(-c3ccc4c(c3)-c3c5ccccc5cc5cccc-4c35)nc(-n3c4ccccc4c4ccccc43)n2)cc1. The number of nitrogens with zero attached hydrogens (tertiary/aromatic N) is 4. The summed E-state index contributed by atoms with van der Waals surface area (Å²) in [5, 5.41) is 7.43. The second-order valence-corrected chi connectivity index (χ2v) is 11.7. The van der Waals surface area contributed by atoms with Gasteiger partial charge >= 0.3 is 0 Å². The number of benzene rings is 7. The van der Waals surface area contributed by atoms with E-state index in [9.17, 15) is 0 Å². The highest BCUT2D eigenvalue weighted by atomic mass is 15.2. The maximum Gasteiger partial charge on any atom is 0.238 e. The quantitative estimate of drug-likeness (QED) is 0.198. The van der Waals surface area contributed by atoms with Gasteiger partial charge in [-0.1, -0.05) is 121 Å². The van der Waals surface area contributed by atoms with Crippen molar-refractivity contribution >= 4 is 43.4 Å². The van der Waals surface area contributed by atoms with E-state index in [4.69, 9.17) is 15.0 Å². The summed E-state index contributed by atoms with van der Waals surface area (Å²) in [6.07, 6.45) is 0. The molecular formula is C41H24N4. The minimum Gasteiger partial charge on any atom is -0.278 e. The summed E-state index contributed by atoms with van der Waals surface area (Å²) in [6.45, 7) is 0. The van der Waals surface area contributed by atoms with Gasteiger partial charge < -0.3 is 0 Å². The zero-order valence-electron chi connectivity index (χ0n) is 24.1. The van der Waals surface area contributed by atoms with E-state index in [0.717, 1.165) is 22.2 Å². The van der Waals surface area contributed by atoms with E-state index in [1.54, 1.807) is 0 Å². The monoisotopic (exact) mass is 572 g/mol. The highest BCUT2D eigenvalue weighted by Gasteiger charge is 2.25. The Morgan fingerprint density at radius 3 is 1.82 bits per heavy atom. The fourth-order valence-corrected chi connectivity index (χ4v) is 7.20. The molecule has 10 rings (SSSR count). The first kappa shape index (κ1) is 24.3. The highest BCUT2D eigenvalue weighted by Crippen LogP contribution is 2.51. The Balaban J connectivity index is 1.25. The molecule has 0 N–H and O–H groups in total. The molecule has 0 spiro atoms. The van der Waals surface area contributed by atoms with Crippen molar-refractivity contribution in [2.24, 2.45) is 0 Å². The molecule has 0 unspecified atom stereocenters. The summed E-state index contributed by atoms with van der Waals surface area (Å²) in [5.74, 6) is 1.90. The number of rotatable bonds is 3. The minimum atomic E-state index is 0.604. The van der Waals surface area contributed by atoms with E-state index >= 15 is 0 Å². The van der Waals surface area contributed by atoms with Crippen LogP contribution in [0.1, 0.15) is 0 Å². The normalized spacial score (nSPS) is 12.0. The number of aromatic nitrogens is 4. The third-order valence-electron chi connectivity index (χ3n) is 9.16. The van der Waals surface area contributed by atoms with E-state index in [0.29, 0.717) is 17.6 Å². The fourth-order valence-electron chi connectivity index (χ4n) is 7.20. The molecule has 2 aromatic heterocycles. The Hall–Kier alpha value is -6.13. The predicted molar refractivity (Wildman–Crippen MR) is 184 cm³/mol. The van der Waals surface area contributed by atoms with E-state index in [1.165, 1.54) is 54.6 Å².